The molecule has 0 radical (unpaired) electrons. The SMILES string of the molecule is COCCn1c(SCCOc2ccccc2)nnc1-c1ccncc1. The average Bonchev–Trinajstić information content (AvgIpc) is 3.08. The Bertz CT molecular complexity index is 765. The molecule has 0 aliphatic heterocycles. The minimum absolute atomic E-state index is 0.601. The first kappa shape index (κ1) is 17.4. The molecule has 0 spiro atoms. The second-order valence-electron chi connectivity index (χ2n) is 5.20. The molecule has 7 heteroatoms. The van der Waals surface area contributed by atoms with Gasteiger partial charge in [0.2, 0.25) is 0 Å². The summed E-state index contributed by atoms with van der Waals surface area (Å²) < 4.78 is 13.0. The van der Waals surface area contributed by atoms with E-state index in [-0.39, 0.29) is 0 Å². The second-order valence-corrected chi connectivity index (χ2v) is 6.26. The van der Waals surface area contributed by atoms with Gasteiger partial charge in [-0.25, -0.2) is 0 Å². The number of thioether (sulfide) groups is 1. The van der Waals surface area contributed by atoms with Gasteiger partial charge < -0.3 is 9.47 Å². The van der Waals surface area contributed by atoms with Crippen LogP contribution >= 0.6 is 11.8 Å². The number of aromatic nitrogens is 4. The molecule has 2 heterocycles. The van der Waals surface area contributed by atoms with Crippen molar-refractivity contribution in [1.82, 2.24) is 19.7 Å². The Morgan fingerprint density at radius 2 is 1.80 bits per heavy atom. The van der Waals surface area contributed by atoms with Gasteiger partial charge >= 0.3 is 0 Å². The highest BCUT2D eigenvalue weighted by molar-refractivity contribution is 7.99. The van der Waals surface area contributed by atoms with Crippen LogP contribution in [0.5, 0.6) is 5.75 Å². The lowest BCUT2D eigenvalue weighted by Gasteiger charge is -2.10. The van der Waals surface area contributed by atoms with Gasteiger partial charge in [0.05, 0.1) is 19.8 Å². The third-order valence-electron chi connectivity index (χ3n) is 3.50. The van der Waals surface area contributed by atoms with Crippen molar-refractivity contribution in [3.8, 4) is 17.1 Å². The summed E-state index contributed by atoms with van der Waals surface area (Å²) in [5.74, 6) is 2.49. The molecule has 0 saturated heterocycles. The number of pyridine rings is 1. The molecule has 130 valence electrons. The van der Waals surface area contributed by atoms with Crippen molar-refractivity contribution < 1.29 is 9.47 Å². The molecule has 6 nitrogen and oxygen atoms in total. The molecule has 1 aromatic carbocycles. The Hall–Kier alpha value is -2.38. The fourth-order valence-electron chi connectivity index (χ4n) is 2.30. The highest BCUT2D eigenvalue weighted by atomic mass is 32.2. The molecule has 3 aromatic rings. The van der Waals surface area contributed by atoms with Gasteiger partial charge in [0.25, 0.3) is 0 Å². The van der Waals surface area contributed by atoms with Crippen molar-refractivity contribution in [2.45, 2.75) is 11.7 Å². The number of para-hydroxylation sites is 1. The zero-order valence-electron chi connectivity index (χ0n) is 14.0. The fourth-order valence-corrected chi connectivity index (χ4v) is 3.08. The largest absolute Gasteiger partial charge is 0.493 e. The first-order valence-corrected chi connectivity index (χ1v) is 9.00. The van der Waals surface area contributed by atoms with Crippen LogP contribution in [0.3, 0.4) is 0 Å². The van der Waals surface area contributed by atoms with Gasteiger partial charge in [-0.3, -0.25) is 9.55 Å². The number of rotatable bonds is 9. The maximum absolute atomic E-state index is 5.73. The van der Waals surface area contributed by atoms with E-state index in [4.69, 9.17) is 9.47 Å². The molecule has 3 rings (SSSR count). The minimum Gasteiger partial charge on any atom is -0.493 e. The predicted octanol–water partition coefficient (Wildman–Crippen LogP) is 3.16. The topological polar surface area (TPSA) is 62.1 Å². The molecule has 0 fully saturated rings. The standard InChI is InChI=1S/C18H20N4O2S/c1-23-12-11-22-17(15-7-9-19-10-8-15)20-21-18(22)25-14-13-24-16-5-3-2-4-6-16/h2-10H,11-14H2,1H3. The van der Waals surface area contributed by atoms with Crippen LogP contribution in [-0.4, -0.2) is 45.8 Å². The van der Waals surface area contributed by atoms with Crippen LogP contribution in [0.2, 0.25) is 0 Å². The smallest absolute Gasteiger partial charge is 0.191 e. The summed E-state index contributed by atoms with van der Waals surface area (Å²) in [7, 11) is 1.69. The number of hydrogen-bond donors (Lipinski definition) is 0. The Kier molecular flexibility index (Phi) is 6.42. The van der Waals surface area contributed by atoms with Crippen molar-refractivity contribution in [3.05, 3.63) is 54.9 Å². The number of hydrogen-bond acceptors (Lipinski definition) is 6. The Morgan fingerprint density at radius 1 is 1.00 bits per heavy atom. The molecular weight excluding hydrogens is 336 g/mol. The van der Waals surface area contributed by atoms with Gasteiger partial charge in [-0.15, -0.1) is 10.2 Å². The minimum atomic E-state index is 0.601. The molecule has 0 atom stereocenters. The first-order valence-electron chi connectivity index (χ1n) is 8.01. The van der Waals surface area contributed by atoms with E-state index in [1.807, 2.05) is 42.5 Å². The average molecular weight is 356 g/mol. The van der Waals surface area contributed by atoms with E-state index in [1.54, 1.807) is 31.3 Å². The number of benzene rings is 1. The highest BCUT2D eigenvalue weighted by Crippen LogP contribution is 2.23. The number of nitrogens with zero attached hydrogens (tertiary/aromatic N) is 4. The van der Waals surface area contributed by atoms with Crippen molar-refractivity contribution in [1.29, 1.82) is 0 Å². The summed E-state index contributed by atoms with van der Waals surface area (Å²) in [6.45, 7) is 1.91. The van der Waals surface area contributed by atoms with Crippen molar-refractivity contribution in [2.75, 3.05) is 26.1 Å². The maximum Gasteiger partial charge on any atom is 0.191 e. The van der Waals surface area contributed by atoms with Gasteiger partial charge in [0.15, 0.2) is 11.0 Å². The Labute approximate surface area is 151 Å². The van der Waals surface area contributed by atoms with Crippen LogP contribution < -0.4 is 4.74 Å². The molecular formula is C18H20N4O2S. The van der Waals surface area contributed by atoms with E-state index in [0.29, 0.717) is 19.8 Å². The van der Waals surface area contributed by atoms with E-state index in [9.17, 15) is 0 Å². The predicted molar refractivity (Wildman–Crippen MR) is 97.8 cm³/mol. The molecule has 0 aliphatic rings. The number of ether oxygens (including phenoxy) is 2. The zero-order chi connectivity index (χ0) is 17.3. The van der Waals surface area contributed by atoms with E-state index in [0.717, 1.165) is 28.0 Å². The molecule has 0 amide bonds. The fraction of sp³-hybridized carbons (Fsp3) is 0.278. The molecule has 0 saturated carbocycles. The van der Waals surface area contributed by atoms with E-state index >= 15 is 0 Å². The highest BCUT2D eigenvalue weighted by Gasteiger charge is 2.14. The maximum atomic E-state index is 5.73. The molecule has 0 unspecified atom stereocenters. The van der Waals surface area contributed by atoms with Gasteiger partial charge in [0.1, 0.15) is 5.75 Å². The molecule has 0 aliphatic carbocycles. The lowest BCUT2D eigenvalue weighted by molar-refractivity contribution is 0.185. The van der Waals surface area contributed by atoms with Crippen LogP contribution in [0.4, 0.5) is 0 Å². The third kappa shape index (κ3) is 4.80. The van der Waals surface area contributed by atoms with E-state index in [1.165, 1.54) is 0 Å². The summed E-state index contributed by atoms with van der Waals surface area (Å²) in [6, 6.07) is 13.7. The summed E-state index contributed by atoms with van der Waals surface area (Å²) in [5, 5.41) is 9.54. The second kappa shape index (κ2) is 9.19. The molecule has 25 heavy (non-hydrogen) atoms. The van der Waals surface area contributed by atoms with Crippen LogP contribution in [0.15, 0.2) is 60.0 Å². The lowest BCUT2D eigenvalue weighted by atomic mass is 10.2. The van der Waals surface area contributed by atoms with Crippen LogP contribution in [0.1, 0.15) is 0 Å². The van der Waals surface area contributed by atoms with Crippen LogP contribution in [0.25, 0.3) is 11.4 Å². The van der Waals surface area contributed by atoms with Gasteiger partial charge in [-0.2, -0.15) is 0 Å². The molecule has 0 bridgehead atoms. The summed E-state index contributed by atoms with van der Waals surface area (Å²) >= 11 is 1.63. The lowest BCUT2D eigenvalue weighted by Crippen LogP contribution is -2.08. The van der Waals surface area contributed by atoms with Gasteiger partial charge in [-0.1, -0.05) is 30.0 Å². The zero-order valence-corrected chi connectivity index (χ0v) is 14.9. The molecule has 0 N–H and O–H groups in total. The van der Waals surface area contributed by atoms with Crippen molar-refractivity contribution in [2.24, 2.45) is 0 Å². The van der Waals surface area contributed by atoms with Gasteiger partial charge in [-0.05, 0) is 24.3 Å². The van der Waals surface area contributed by atoms with E-state index in [2.05, 4.69) is 19.7 Å². The van der Waals surface area contributed by atoms with Crippen LogP contribution in [-0.2, 0) is 11.3 Å². The van der Waals surface area contributed by atoms with Crippen molar-refractivity contribution >= 4 is 11.8 Å². The van der Waals surface area contributed by atoms with Crippen LogP contribution in [0, 0.1) is 0 Å². The number of methoxy groups -OCH3 is 1. The Balaban J connectivity index is 1.65. The monoisotopic (exact) mass is 356 g/mol. The first-order chi connectivity index (χ1) is 12.4. The summed E-state index contributed by atoms with van der Waals surface area (Å²) in [4.78, 5) is 4.06. The van der Waals surface area contributed by atoms with Crippen molar-refractivity contribution in [3.63, 3.8) is 0 Å². The van der Waals surface area contributed by atoms with E-state index < -0.39 is 0 Å². The quantitative estimate of drug-likeness (QED) is 0.433. The summed E-state index contributed by atoms with van der Waals surface area (Å²) in [6.07, 6.45) is 3.51. The third-order valence-corrected chi connectivity index (χ3v) is 4.43. The normalized spacial score (nSPS) is 10.8. The van der Waals surface area contributed by atoms with Gasteiger partial charge in [0, 0.05) is 30.8 Å². The summed E-state index contributed by atoms with van der Waals surface area (Å²) in [5.41, 5.74) is 0.992. The Morgan fingerprint density at radius 3 is 2.56 bits per heavy atom. The molecule has 2 aromatic heterocycles.